The summed E-state index contributed by atoms with van der Waals surface area (Å²) in [6.45, 7) is 0.664. The van der Waals surface area contributed by atoms with Gasteiger partial charge in [-0.25, -0.2) is 4.21 Å². The molecule has 2 heterocycles. The molecule has 1 amide bonds. The van der Waals surface area contributed by atoms with Gasteiger partial charge in [0.15, 0.2) is 0 Å². The Balaban J connectivity index is 1.57. The monoisotopic (exact) mass is 434 g/mol. The number of carbonyl (C=O) groups is 1. The minimum atomic E-state index is -4.33. The second-order valence-corrected chi connectivity index (χ2v) is 12.3. The van der Waals surface area contributed by atoms with Crippen LogP contribution in [0.1, 0.15) is 37.7 Å². The lowest BCUT2D eigenvalue weighted by molar-refractivity contribution is -0.152. The molecule has 0 aromatic heterocycles. The van der Waals surface area contributed by atoms with Crippen LogP contribution in [-0.4, -0.2) is 62.7 Å². The van der Waals surface area contributed by atoms with E-state index >= 15 is 0 Å². The number of oxime groups is 1. The molecule has 6 nitrogen and oxygen atoms in total. The maximum Gasteiger partial charge on any atom is 0.389 e. The van der Waals surface area contributed by atoms with Crippen LogP contribution in [0.4, 0.5) is 13.2 Å². The fraction of sp³-hybridized carbons (Fsp3) is 0.579. The summed E-state index contributed by atoms with van der Waals surface area (Å²) in [5, 5.41) is 4.16. The molecule has 0 bridgehead atoms. The van der Waals surface area contributed by atoms with E-state index in [9.17, 15) is 26.7 Å². The normalized spacial score (nSPS) is 20.7. The summed E-state index contributed by atoms with van der Waals surface area (Å²) in [5.41, 5.74) is 0.936. The van der Waals surface area contributed by atoms with Gasteiger partial charge in [0.2, 0.25) is 5.91 Å². The maximum atomic E-state index is 12.3. The number of alkyl halides is 3. The molecule has 1 spiro atoms. The second kappa shape index (κ2) is 7.09. The lowest BCUT2D eigenvalue weighted by Crippen LogP contribution is -2.47. The SMILES string of the molecule is CS(C)(=O)(O)c1ccc(C2=NOC3(CCN(C(=O)CCC(F)(F)F)CC3)C2)cc1. The number of hydrogen-bond acceptors (Lipinski definition) is 4. The number of nitrogens with zero attached hydrogens (tertiary/aromatic N) is 2. The van der Waals surface area contributed by atoms with Crippen LogP contribution in [0.5, 0.6) is 0 Å². The summed E-state index contributed by atoms with van der Waals surface area (Å²) in [7, 11) is -3.82. The molecule has 0 unspecified atom stereocenters. The van der Waals surface area contributed by atoms with Crippen molar-refractivity contribution < 1.29 is 31.6 Å². The molecule has 1 aromatic carbocycles. The molecule has 0 atom stereocenters. The molecule has 2 aliphatic rings. The first kappa shape index (κ1) is 21.8. The standard InChI is InChI=1S/C19H25F3N2O4S/c1-29(2,26,27)15-5-3-14(4-6-15)16-13-18(28-23-16)9-11-24(12-10-18)17(25)7-8-19(20,21)22/h3-6H,7-13H2,1-2H3,(H,26,27). The van der Waals surface area contributed by atoms with Crippen molar-refractivity contribution in [3.8, 4) is 0 Å². The van der Waals surface area contributed by atoms with Crippen molar-refractivity contribution in [1.82, 2.24) is 4.90 Å². The highest BCUT2D eigenvalue weighted by Gasteiger charge is 2.43. The molecule has 29 heavy (non-hydrogen) atoms. The van der Waals surface area contributed by atoms with E-state index in [-0.39, 0.29) is 0 Å². The van der Waals surface area contributed by atoms with Gasteiger partial charge in [0.1, 0.15) is 5.60 Å². The Kier molecular flexibility index (Phi) is 5.32. The summed E-state index contributed by atoms with van der Waals surface area (Å²) in [5.74, 6) is -0.492. The number of likely N-dealkylation sites (tertiary alicyclic amines) is 1. The molecular weight excluding hydrogens is 409 g/mol. The van der Waals surface area contributed by atoms with Gasteiger partial charge in [0.25, 0.3) is 0 Å². The van der Waals surface area contributed by atoms with Crippen molar-refractivity contribution in [2.75, 3.05) is 25.6 Å². The molecule has 1 N–H and O–H groups in total. The van der Waals surface area contributed by atoms with Crippen LogP contribution in [-0.2, 0) is 19.0 Å². The van der Waals surface area contributed by atoms with Gasteiger partial charge in [-0.1, -0.05) is 17.3 Å². The van der Waals surface area contributed by atoms with E-state index in [4.69, 9.17) is 4.84 Å². The fourth-order valence-electron chi connectivity index (χ4n) is 3.55. The van der Waals surface area contributed by atoms with Crippen molar-refractivity contribution >= 4 is 21.0 Å². The van der Waals surface area contributed by atoms with Gasteiger partial charge in [0, 0.05) is 51.3 Å². The molecule has 0 saturated carbocycles. The van der Waals surface area contributed by atoms with Crippen molar-refractivity contribution in [3.05, 3.63) is 29.8 Å². The fourth-order valence-corrected chi connectivity index (χ4v) is 4.46. The second-order valence-electron chi connectivity index (χ2n) is 8.27. The molecule has 3 rings (SSSR count). The smallest absolute Gasteiger partial charge is 0.388 e. The summed E-state index contributed by atoms with van der Waals surface area (Å²) < 4.78 is 59.2. The Hall–Kier alpha value is -1.94. The summed E-state index contributed by atoms with van der Waals surface area (Å²) in [4.78, 5) is 19.5. The van der Waals surface area contributed by atoms with Crippen molar-refractivity contribution in [2.24, 2.45) is 5.16 Å². The van der Waals surface area contributed by atoms with E-state index in [1.807, 2.05) is 0 Å². The largest absolute Gasteiger partial charge is 0.389 e. The van der Waals surface area contributed by atoms with Crippen molar-refractivity contribution in [2.45, 2.75) is 48.8 Å². The van der Waals surface area contributed by atoms with E-state index in [0.717, 1.165) is 5.56 Å². The van der Waals surface area contributed by atoms with Gasteiger partial charge in [-0.3, -0.25) is 9.35 Å². The predicted molar refractivity (Wildman–Crippen MR) is 103 cm³/mol. The molecule has 162 valence electrons. The Morgan fingerprint density at radius 2 is 1.83 bits per heavy atom. The van der Waals surface area contributed by atoms with Crippen LogP contribution < -0.4 is 0 Å². The van der Waals surface area contributed by atoms with Crippen molar-refractivity contribution in [3.63, 3.8) is 0 Å². The summed E-state index contributed by atoms with van der Waals surface area (Å²) in [6, 6.07) is 6.64. The molecule has 2 aliphatic heterocycles. The van der Waals surface area contributed by atoms with E-state index in [1.54, 1.807) is 24.3 Å². The van der Waals surface area contributed by atoms with Gasteiger partial charge in [-0.15, -0.1) is 0 Å². The number of rotatable bonds is 4. The first-order chi connectivity index (χ1) is 13.2. The molecule has 1 saturated heterocycles. The topological polar surface area (TPSA) is 79.2 Å². The predicted octanol–water partition coefficient (Wildman–Crippen LogP) is 3.43. The Labute approximate surface area is 167 Å². The van der Waals surface area contributed by atoms with E-state index < -0.39 is 39.9 Å². The first-order valence-electron chi connectivity index (χ1n) is 9.30. The van der Waals surface area contributed by atoms with Crippen LogP contribution in [0.2, 0.25) is 0 Å². The van der Waals surface area contributed by atoms with Crippen LogP contribution in [0.15, 0.2) is 34.3 Å². The third-order valence-electron chi connectivity index (χ3n) is 5.35. The lowest BCUT2D eigenvalue weighted by atomic mass is 9.85. The maximum absolute atomic E-state index is 12.3. The Bertz CT molecular complexity index is 871. The van der Waals surface area contributed by atoms with Crippen LogP contribution in [0.25, 0.3) is 0 Å². The van der Waals surface area contributed by atoms with Gasteiger partial charge in [-0.05, 0) is 17.7 Å². The Morgan fingerprint density at radius 1 is 1.24 bits per heavy atom. The zero-order valence-electron chi connectivity index (χ0n) is 16.4. The third-order valence-corrected chi connectivity index (χ3v) is 6.97. The number of halogens is 3. The van der Waals surface area contributed by atoms with Crippen LogP contribution in [0.3, 0.4) is 0 Å². The highest BCUT2D eigenvalue weighted by molar-refractivity contribution is 8.14. The van der Waals surface area contributed by atoms with Gasteiger partial charge in [0.05, 0.1) is 17.0 Å². The zero-order valence-corrected chi connectivity index (χ0v) is 17.2. The number of hydrogen-bond donors (Lipinski definition) is 1. The minimum absolute atomic E-state index is 0.332. The zero-order chi connectivity index (χ0) is 21.5. The van der Waals surface area contributed by atoms with E-state index in [2.05, 4.69) is 5.16 Å². The molecule has 1 fully saturated rings. The molecule has 1 aromatic rings. The van der Waals surface area contributed by atoms with E-state index in [1.165, 1.54) is 17.4 Å². The third kappa shape index (κ3) is 5.36. The quantitative estimate of drug-likeness (QED) is 0.788. The lowest BCUT2D eigenvalue weighted by Gasteiger charge is -2.37. The van der Waals surface area contributed by atoms with Crippen molar-refractivity contribution in [1.29, 1.82) is 0 Å². The number of benzene rings is 1. The molecular formula is C19H25F3N2O4S. The average Bonchev–Trinajstić information content (AvgIpc) is 3.02. The minimum Gasteiger partial charge on any atom is -0.388 e. The highest BCUT2D eigenvalue weighted by atomic mass is 32.3. The van der Waals surface area contributed by atoms with Crippen LogP contribution >= 0.6 is 0 Å². The van der Waals surface area contributed by atoms with Crippen LogP contribution in [0, 0.1) is 0 Å². The van der Waals surface area contributed by atoms with Gasteiger partial charge < -0.3 is 9.74 Å². The molecule has 0 radical (unpaired) electrons. The van der Waals surface area contributed by atoms with Gasteiger partial charge in [-0.2, -0.15) is 22.5 Å². The summed E-state index contributed by atoms with van der Waals surface area (Å²) >= 11 is 0. The first-order valence-corrected chi connectivity index (χ1v) is 12.0. The Morgan fingerprint density at radius 3 is 2.34 bits per heavy atom. The van der Waals surface area contributed by atoms with Gasteiger partial charge >= 0.3 is 6.18 Å². The molecule has 0 aliphatic carbocycles. The van der Waals surface area contributed by atoms with E-state index in [0.29, 0.717) is 43.0 Å². The number of piperidine rings is 1. The molecule has 10 heteroatoms. The average molecular weight is 434 g/mol. The highest BCUT2D eigenvalue weighted by Crippen LogP contribution is 2.37. The number of amides is 1. The number of carbonyl (C=O) groups excluding carboxylic acids is 1. The summed E-state index contributed by atoms with van der Waals surface area (Å²) in [6.07, 6.45) is -1.88.